The first kappa shape index (κ1) is 14.2. The molecular formula is C16H27N. The van der Waals surface area contributed by atoms with Crippen LogP contribution < -0.4 is 5.32 Å². The first-order chi connectivity index (χ1) is 7.88. The normalized spacial score (nSPS) is 14.0. The van der Waals surface area contributed by atoms with Gasteiger partial charge in [-0.15, -0.1) is 0 Å². The molecule has 1 aromatic rings. The second-order valence-corrected chi connectivity index (χ2v) is 6.53. The van der Waals surface area contributed by atoms with Crippen LogP contribution in [0.15, 0.2) is 30.3 Å². The van der Waals surface area contributed by atoms with Crippen LogP contribution in [0.5, 0.6) is 0 Å². The van der Waals surface area contributed by atoms with E-state index in [1.807, 2.05) is 0 Å². The van der Waals surface area contributed by atoms with Crippen molar-refractivity contribution < 1.29 is 0 Å². The summed E-state index contributed by atoms with van der Waals surface area (Å²) in [6.45, 7) is 12.5. The highest BCUT2D eigenvalue weighted by molar-refractivity contribution is 5.19. The van der Waals surface area contributed by atoms with Crippen LogP contribution >= 0.6 is 0 Å². The van der Waals surface area contributed by atoms with E-state index in [0.29, 0.717) is 17.4 Å². The van der Waals surface area contributed by atoms with Gasteiger partial charge in [0.25, 0.3) is 0 Å². The van der Waals surface area contributed by atoms with Gasteiger partial charge in [-0.2, -0.15) is 0 Å². The molecule has 1 aromatic carbocycles. The molecular weight excluding hydrogens is 206 g/mol. The van der Waals surface area contributed by atoms with E-state index in [4.69, 9.17) is 0 Å². The fraction of sp³-hybridized carbons (Fsp3) is 0.625. The molecule has 1 nitrogen and oxygen atoms in total. The minimum atomic E-state index is 0.352. The first-order valence-electron chi connectivity index (χ1n) is 6.67. The van der Waals surface area contributed by atoms with Gasteiger partial charge in [0.1, 0.15) is 0 Å². The SMILES string of the molecule is CC(C)CNC(CC(C)(C)C)c1ccccc1. The Kier molecular flexibility index (Phi) is 5.20. The topological polar surface area (TPSA) is 12.0 Å². The molecule has 1 atom stereocenters. The summed E-state index contributed by atoms with van der Waals surface area (Å²) in [4.78, 5) is 0. The van der Waals surface area contributed by atoms with Crippen molar-refractivity contribution in [3.05, 3.63) is 35.9 Å². The number of hydrogen-bond donors (Lipinski definition) is 1. The largest absolute Gasteiger partial charge is 0.310 e. The van der Waals surface area contributed by atoms with E-state index < -0.39 is 0 Å². The van der Waals surface area contributed by atoms with Gasteiger partial charge in [0, 0.05) is 6.04 Å². The highest BCUT2D eigenvalue weighted by atomic mass is 14.9. The van der Waals surface area contributed by atoms with Gasteiger partial charge in [-0.3, -0.25) is 0 Å². The second-order valence-electron chi connectivity index (χ2n) is 6.53. The summed E-state index contributed by atoms with van der Waals surface area (Å²) in [7, 11) is 0. The Bertz CT molecular complexity index is 308. The van der Waals surface area contributed by atoms with Crippen molar-refractivity contribution in [2.45, 2.75) is 47.1 Å². The van der Waals surface area contributed by atoms with Crippen molar-refractivity contribution in [1.29, 1.82) is 0 Å². The minimum absolute atomic E-state index is 0.352. The molecule has 0 bridgehead atoms. The maximum Gasteiger partial charge on any atom is 0.0325 e. The lowest BCUT2D eigenvalue weighted by molar-refractivity contribution is 0.304. The molecule has 0 radical (unpaired) electrons. The van der Waals surface area contributed by atoms with Gasteiger partial charge in [-0.25, -0.2) is 0 Å². The standard InChI is InChI=1S/C16H27N/c1-13(2)12-17-15(11-16(3,4)5)14-9-7-6-8-10-14/h6-10,13,15,17H,11-12H2,1-5H3. The van der Waals surface area contributed by atoms with Crippen LogP contribution in [0, 0.1) is 11.3 Å². The van der Waals surface area contributed by atoms with Crippen molar-refractivity contribution >= 4 is 0 Å². The summed E-state index contributed by atoms with van der Waals surface area (Å²) in [5, 5.41) is 3.69. The minimum Gasteiger partial charge on any atom is -0.310 e. The Labute approximate surface area is 107 Å². The molecule has 0 aromatic heterocycles. The molecule has 1 rings (SSSR count). The van der Waals surface area contributed by atoms with Crippen LogP contribution in [0.25, 0.3) is 0 Å². The fourth-order valence-corrected chi connectivity index (χ4v) is 1.98. The fourth-order valence-electron chi connectivity index (χ4n) is 1.98. The Morgan fingerprint density at radius 3 is 2.12 bits per heavy atom. The summed E-state index contributed by atoms with van der Waals surface area (Å²) in [5.41, 5.74) is 1.76. The molecule has 0 amide bonds. The molecule has 1 N–H and O–H groups in total. The van der Waals surface area contributed by atoms with Gasteiger partial charge in [0.15, 0.2) is 0 Å². The molecule has 17 heavy (non-hydrogen) atoms. The van der Waals surface area contributed by atoms with Crippen molar-refractivity contribution in [2.24, 2.45) is 11.3 Å². The van der Waals surface area contributed by atoms with Crippen LogP contribution in [0.2, 0.25) is 0 Å². The summed E-state index contributed by atoms with van der Waals surface area (Å²) in [6.07, 6.45) is 1.17. The third-order valence-corrected chi connectivity index (χ3v) is 2.79. The van der Waals surface area contributed by atoms with Crippen molar-refractivity contribution in [3.63, 3.8) is 0 Å². The lowest BCUT2D eigenvalue weighted by atomic mass is 9.85. The van der Waals surface area contributed by atoms with Gasteiger partial charge in [0.05, 0.1) is 0 Å². The first-order valence-corrected chi connectivity index (χ1v) is 6.67. The molecule has 0 aliphatic rings. The average molecular weight is 233 g/mol. The molecule has 0 spiro atoms. The van der Waals surface area contributed by atoms with E-state index >= 15 is 0 Å². The van der Waals surface area contributed by atoms with Crippen LogP contribution in [0.4, 0.5) is 0 Å². The number of hydrogen-bond acceptors (Lipinski definition) is 1. The molecule has 0 saturated heterocycles. The summed E-state index contributed by atoms with van der Waals surface area (Å²) in [6, 6.07) is 11.3. The third-order valence-electron chi connectivity index (χ3n) is 2.79. The lowest BCUT2D eigenvalue weighted by Crippen LogP contribution is -2.28. The highest BCUT2D eigenvalue weighted by Crippen LogP contribution is 2.29. The summed E-state index contributed by atoms with van der Waals surface area (Å²) in [5.74, 6) is 0.696. The van der Waals surface area contributed by atoms with Gasteiger partial charge >= 0.3 is 0 Å². The van der Waals surface area contributed by atoms with E-state index in [2.05, 4.69) is 70.3 Å². The van der Waals surface area contributed by atoms with Gasteiger partial charge in [-0.1, -0.05) is 65.0 Å². The Balaban J connectivity index is 2.72. The highest BCUT2D eigenvalue weighted by Gasteiger charge is 2.19. The summed E-state index contributed by atoms with van der Waals surface area (Å²) >= 11 is 0. The molecule has 1 unspecified atom stereocenters. The zero-order chi connectivity index (χ0) is 12.9. The maximum atomic E-state index is 3.69. The van der Waals surface area contributed by atoms with Crippen molar-refractivity contribution in [2.75, 3.05) is 6.54 Å². The van der Waals surface area contributed by atoms with Crippen molar-refractivity contribution in [1.82, 2.24) is 5.32 Å². The number of benzene rings is 1. The number of rotatable bonds is 5. The average Bonchev–Trinajstić information content (AvgIpc) is 2.24. The van der Waals surface area contributed by atoms with Crippen LogP contribution in [-0.4, -0.2) is 6.54 Å². The van der Waals surface area contributed by atoms with Gasteiger partial charge < -0.3 is 5.32 Å². The maximum absolute atomic E-state index is 3.69. The zero-order valence-electron chi connectivity index (χ0n) is 12.0. The van der Waals surface area contributed by atoms with E-state index in [0.717, 1.165) is 6.54 Å². The quantitative estimate of drug-likeness (QED) is 0.794. The lowest BCUT2D eigenvalue weighted by Gasteiger charge is -2.28. The molecule has 0 aliphatic heterocycles. The monoisotopic (exact) mass is 233 g/mol. The predicted molar refractivity (Wildman–Crippen MR) is 76.1 cm³/mol. The van der Waals surface area contributed by atoms with Crippen molar-refractivity contribution in [3.8, 4) is 0 Å². The van der Waals surface area contributed by atoms with Gasteiger partial charge in [0.2, 0.25) is 0 Å². The Morgan fingerprint density at radius 2 is 1.65 bits per heavy atom. The molecule has 0 heterocycles. The molecule has 0 fully saturated rings. The van der Waals surface area contributed by atoms with E-state index in [-0.39, 0.29) is 0 Å². The Morgan fingerprint density at radius 1 is 1.06 bits per heavy atom. The Hall–Kier alpha value is -0.820. The van der Waals surface area contributed by atoms with Crippen LogP contribution in [0.1, 0.15) is 52.6 Å². The molecule has 0 aliphatic carbocycles. The third kappa shape index (κ3) is 5.88. The molecule has 0 saturated carbocycles. The van der Waals surface area contributed by atoms with E-state index in [1.165, 1.54) is 12.0 Å². The smallest absolute Gasteiger partial charge is 0.0325 e. The van der Waals surface area contributed by atoms with Crippen LogP contribution in [-0.2, 0) is 0 Å². The van der Waals surface area contributed by atoms with E-state index in [1.54, 1.807) is 0 Å². The molecule has 1 heteroatoms. The van der Waals surface area contributed by atoms with E-state index in [9.17, 15) is 0 Å². The predicted octanol–water partition coefficient (Wildman–Crippen LogP) is 4.41. The zero-order valence-corrected chi connectivity index (χ0v) is 12.0. The second kappa shape index (κ2) is 6.20. The molecule has 96 valence electrons. The van der Waals surface area contributed by atoms with Gasteiger partial charge in [-0.05, 0) is 29.9 Å². The number of nitrogens with one attached hydrogen (secondary N) is 1. The van der Waals surface area contributed by atoms with Crippen LogP contribution in [0.3, 0.4) is 0 Å². The summed E-state index contributed by atoms with van der Waals surface area (Å²) < 4.78 is 0.